The van der Waals surface area contributed by atoms with Crippen LogP contribution in [0.25, 0.3) is 0 Å². The van der Waals surface area contributed by atoms with Gasteiger partial charge in [-0.3, -0.25) is 0 Å². The summed E-state index contributed by atoms with van der Waals surface area (Å²) in [6.07, 6.45) is 4.16. The van der Waals surface area contributed by atoms with E-state index >= 15 is 0 Å². The number of nitrogens with two attached hydrogens (primary N) is 1. The van der Waals surface area contributed by atoms with Crippen molar-refractivity contribution in [2.45, 2.75) is 12.2 Å². The molecule has 1 aliphatic rings. The fourth-order valence-electron chi connectivity index (χ4n) is 0.962. The van der Waals surface area contributed by atoms with Gasteiger partial charge in [-0.1, -0.05) is 0 Å². The predicted molar refractivity (Wildman–Crippen MR) is 37.7 cm³/mol. The van der Waals surface area contributed by atoms with Crippen LogP contribution in [0.5, 0.6) is 0 Å². The quantitative estimate of drug-likeness (QED) is 0.490. The van der Waals surface area contributed by atoms with E-state index in [-0.39, 0.29) is 6.17 Å². The summed E-state index contributed by atoms with van der Waals surface area (Å²) < 4.78 is 0. The van der Waals surface area contributed by atoms with Crippen LogP contribution in [0.2, 0.25) is 0 Å². The van der Waals surface area contributed by atoms with Gasteiger partial charge in [-0.25, -0.2) is 0 Å². The number of rotatable bonds is 1. The molecule has 2 atom stereocenters. The lowest BCUT2D eigenvalue weighted by Gasteiger charge is -2.21. The molecule has 0 bridgehead atoms. The Kier molecular flexibility index (Phi) is 1.73. The van der Waals surface area contributed by atoms with Gasteiger partial charge in [-0.2, -0.15) is 0 Å². The summed E-state index contributed by atoms with van der Waals surface area (Å²) in [5.74, 6) is 0. The van der Waals surface area contributed by atoms with Gasteiger partial charge in [0.1, 0.15) is 0 Å². The maximum atomic E-state index is 5.73. The van der Waals surface area contributed by atoms with E-state index in [9.17, 15) is 0 Å². The fraction of sp³-hybridized carbons (Fsp3) is 0.667. The summed E-state index contributed by atoms with van der Waals surface area (Å²) in [7, 11) is 3.88. The van der Waals surface area contributed by atoms with Crippen molar-refractivity contribution in [3.8, 4) is 0 Å². The Balaban J connectivity index is 2.51. The fourth-order valence-corrected chi connectivity index (χ4v) is 0.962. The normalized spacial score (nSPS) is 33.9. The molecule has 3 nitrogen and oxygen atoms in total. The lowest BCUT2D eigenvalue weighted by atomic mass is 10.3. The first kappa shape index (κ1) is 6.58. The smallest absolute Gasteiger partial charge is 0.0955 e. The van der Waals surface area contributed by atoms with Crippen molar-refractivity contribution in [3.63, 3.8) is 0 Å². The SMILES string of the molecule is CNC1C=CN(C)C1N. The molecule has 0 saturated heterocycles. The molecule has 0 aliphatic carbocycles. The zero-order valence-corrected chi connectivity index (χ0v) is 5.83. The van der Waals surface area contributed by atoms with Crippen LogP contribution in [0.3, 0.4) is 0 Å². The summed E-state index contributed by atoms with van der Waals surface area (Å²) in [5, 5.41) is 3.09. The van der Waals surface area contributed by atoms with Crippen molar-refractivity contribution in [1.29, 1.82) is 0 Å². The predicted octanol–water partition coefficient (Wildman–Crippen LogP) is -0.682. The molecule has 1 heterocycles. The van der Waals surface area contributed by atoms with Gasteiger partial charge >= 0.3 is 0 Å². The lowest BCUT2D eigenvalue weighted by molar-refractivity contribution is 0.325. The molecule has 0 saturated carbocycles. The van der Waals surface area contributed by atoms with Crippen LogP contribution < -0.4 is 11.1 Å². The van der Waals surface area contributed by atoms with Gasteiger partial charge in [0.05, 0.1) is 12.2 Å². The van der Waals surface area contributed by atoms with E-state index in [1.54, 1.807) is 0 Å². The zero-order valence-electron chi connectivity index (χ0n) is 5.83. The van der Waals surface area contributed by atoms with Crippen LogP contribution >= 0.6 is 0 Å². The summed E-state index contributed by atoms with van der Waals surface area (Å²) in [6, 6.07) is 0.315. The Labute approximate surface area is 55.5 Å². The van der Waals surface area contributed by atoms with Crippen molar-refractivity contribution in [2.24, 2.45) is 5.73 Å². The molecule has 9 heavy (non-hydrogen) atoms. The molecule has 52 valence electrons. The molecule has 0 fully saturated rings. The number of nitrogens with one attached hydrogen (secondary N) is 1. The first-order valence-corrected chi connectivity index (χ1v) is 3.09. The number of hydrogen-bond donors (Lipinski definition) is 2. The second kappa shape index (κ2) is 2.37. The molecule has 0 spiro atoms. The Morgan fingerprint density at radius 2 is 2.33 bits per heavy atom. The molecule has 0 aromatic rings. The first-order valence-electron chi connectivity index (χ1n) is 3.09. The number of nitrogens with zero attached hydrogens (tertiary/aromatic N) is 1. The molecule has 0 aromatic heterocycles. The highest BCUT2D eigenvalue weighted by atomic mass is 15.2. The third-order valence-corrected chi connectivity index (χ3v) is 1.70. The molecule has 0 amide bonds. The monoisotopic (exact) mass is 127 g/mol. The molecule has 2 unspecified atom stereocenters. The minimum atomic E-state index is 0.106. The maximum Gasteiger partial charge on any atom is 0.0955 e. The Hall–Kier alpha value is -0.540. The summed E-state index contributed by atoms with van der Waals surface area (Å²) in [5.41, 5.74) is 5.73. The van der Waals surface area contributed by atoms with E-state index in [4.69, 9.17) is 5.73 Å². The van der Waals surface area contributed by atoms with Gasteiger partial charge in [0, 0.05) is 7.05 Å². The van der Waals surface area contributed by atoms with Crippen molar-refractivity contribution >= 4 is 0 Å². The van der Waals surface area contributed by atoms with Crippen molar-refractivity contribution in [2.75, 3.05) is 14.1 Å². The van der Waals surface area contributed by atoms with Gasteiger partial charge in [0.15, 0.2) is 0 Å². The minimum Gasteiger partial charge on any atom is -0.364 e. The van der Waals surface area contributed by atoms with Crippen LogP contribution in [0.1, 0.15) is 0 Å². The van der Waals surface area contributed by atoms with Gasteiger partial charge in [0.25, 0.3) is 0 Å². The highest BCUT2D eigenvalue weighted by Gasteiger charge is 2.20. The van der Waals surface area contributed by atoms with Gasteiger partial charge in [-0.05, 0) is 19.3 Å². The van der Waals surface area contributed by atoms with Crippen molar-refractivity contribution < 1.29 is 0 Å². The second-order valence-electron chi connectivity index (χ2n) is 2.31. The third kappa shape index (κ3) is 1.06. The second-order valence-corrected chi connectivity index (χ2v) is 2.31. The average Bonchev–Trinajstić information content (AvgIpc) is 2.15. The van der Waals surface area contributed by atoms with Gasteiger partial charge in [-0.15, -0.1) is 0 Å². The molecule has 3 heteroatoms. The minimum absolute atomic E-state index is 0.106. The van der Waals surface area contributed by atoms with E-state index in [0.29, 0.717) is 6.04 Å². The number of hydrogen-bond acceptors (Lipinski definition) is 3. The molecule has 3 N–H and O–H groups in total. The largest absolute Gasteiger partial charge is 0.364 e. The summed E-state index contributed by atoms with van der Waals surface area (Å²) in [4.78, 5) is 1.99. The van der Waals surface area contributed by atoms with E-state index in [2.05, 4.69) is 11.4 Å². The standard InChI is InChI=1S/C6H13N3/c1-8-5-3-4-9(2)6(5)7/h3-6,8H,7H2,1-2H3. The lowest BCUT2D eigenvalue weighted by Crippen LogP contribution is -2.46. The van der Waals surface area contributed by atoms with Crippen molar-refractivity contribution in [3.05, 3.63) is 12.3 Å². The van der Waals surface area contributed by atoms with Crippen LogP contribution in [-0.2, 0) is 0 Å². The van der Waals surface area contributed by atoms with E-state index in [1.165, 1.54) is 0 Å². The molecule has 1 rings (SSSR count). The topological polar surface area (TPSA) is 41.3 Å². The highest BCUT2D eigenvalue weighted by Crippen LogP contribution is 2.06. The molecular weight excluding hydrogens is 114 g/mol. The van der Waals surface area contributed by atoms with E-state index in [1.807, 2.05) is 25.2 Å². The Morgan fingerprint density at radius 3 is 2.56 bits per heavy atom. The zero-order chi connectivity index (χ0) is 6.85. The number of likely N-dealkylation sites (N-methyl/N-ethyl adjacent to an activating group) is 2. The summed E-state index contributed by atoms with van der Waals surface area (Å²) in [6.45, 7) is 0. The van der Waals surface area contributed by atoms with Crippen LogP contribution in [0.4, 0.5) is 0 Å². The Morgan fingerprint density at radius 1 is 1.67 bits per heavy atom. The summed E-state index contributed by atoms with van der Waals surface area (Å²) >= 11 is 0. The molecule has 1 aliphatic heterocycles. The van der Waals surface area contributed by atoms with Crippen LogP contribution in [0.15, 0.2) is 12.3 Å². The molecule has 0 aromatic carbocycles. The van der Waals surface area contributed by atoms with Gasteiger partial charge < -0.3 is 16.0 Å². The van der Waals surface area contributed by atoms with Gasteiger partial charge in [0.2, 0.25) is 0 Å². The van der Waals surface area contributed by atoms with E-state index < -0.39 is 0 Å². The van der Waals surface area contributed by atoms with E-state index in [0.717, 1.165) is 0 Å². The maximum absolute atomic E-state index is 5.73. The van der Waals surface area contributed by atoms with Crippen LogP contribution in [0, 0.1) is 0 Å². The van der Waals surface area contributed by atoms with Crippen molar-refractivity contribution in [1.82, 2.24) is 10.2 Å². The third-order valence-electron chi connectivity index (χ3n) is 1.70. The molecule has 0 radical (unpaired) electrons. The molecular formula is C6H13N3. The average molecular weight is 127 g/mol. The first-order chi connectivity index (χ1) is 4.25. The Bertz CT molecular complexity index is 121. The van der Waals surface area contributed by atoms with Crippen LogP contribution in [-0.4, -0.2) is 31.2 Å². The highest BCUT2D eigenvalue weighted by molar-refractivity contribution is 5.05.